The lowest BCUT2D eigenvalue weighted by Crippen LogP contribution is -2.04. The fourth-order valence-electron chi connectivity index (χ4n) is 1.12. The van der Waals surface area contributed by atoms with Gasteiger partial charge in [-0.25, -0.2) is 8.78 Å². The number of carboxylic acid groups (broad SMARTS) is 1. The Bertz CT molecular complexity index is 172. The third-order valence-electron chi connectivity index (χ3n) is 2.11. The third kappa shape index (κ3) is 0.589. The first-order valence-electron chi connectivity index (χ1n) is 2.92. The first-order chi connectivity index (χ1) is 4.32. The molecule has 0 saturated heterocycles. The van der Waals surface area contributed by atoms with Gasteiger partial charge in [0.15, 0.2) is 0 Å². The molecule has 0 unspecified atom stereocenters. The standard InChI is InChI=1S/C6H8F2O2/c1-5(2)3(4(9)10)6(5,7)8/h3H,1-2H3,(H,9,10)/t3-/m1/s1. The lowest BCUT2D eigenvalue weighted by molar-refractivity contribution is -0.141. The summed E-state index contributed by atoms with van der Waals surface area (Å²) in [4.78, 5) is 10.1. The average molecular weight is 150 g/mol. The van der Waals surface area contributed by atoms with Crippen molar-refractivity contribution in [2.24, 2.45) is 11.3 Å². The molecule has 1 aliphatic carbocycles. The van der Waals surface area contributed by atoms with Gasteiger partial charge in [0, 0.05) is 5.41 Å². The SMILES string of the molecule is CC1(C)[C@@H](C(=O)O)C1(F)F. The van der Waals surface area contributed by atoms with Gasteiger partial charge in [-0.15, -0.1) is 0 Å². The second-order valence-electron chi connectivity index (χ2n) is 3.12. The van der Waals surface area contributed by atoms with Gasteiger partial charge in [0.05, 0.1) is 0 Å². The summed E-state index contributed by atoms with van der Waals surface area (Å²) in [6.45, 7) is 2.51. The Morgan fingerprint density at radius 2 is 1.80 bits per heavy atom. The Morgan fingerprint density at radius 1 is 1.50 bits per heavy atom. The van der Waals surface area contributed by atoms with E-state index in [9.17, 15) is 13.6 Å². The van der Waals surface area contributed by atoms with Crippen molar-refractivity contribution in [2.75, 3.05) is 0 Å². The summed E-state index contributed by atoms with van der Waals surface area (Å²) in [5.41, 5.74) is -1.35. The molecule has 0 spiro atoms. The van der Waals surface area contributed by atoms with E-state index < -0.39 is 23.2 Å². The van der Waals surface area contributed by atoms with Crippen molar-refractivity contribution in [1.82, 2.24) is 0 Å². The summed E-state index contributed by atoms with van der Waals surface area (Å²) < 4.78 is 24.9. The molecule has 0 heterocycles. The van der Waals surface area contributed by atoms with Gasteiger partial charge < -0.3 is 5.11 Å². The van der Waals surface area contributed by atoms with E-state index in [4.69, 9.17) is 5.11 Å². The topological polar surface area (TPSA) is 37.3 Å². The maximum Gasteiger partial charge on any atom is 0.313 e. The zero-order valence-electron chi connectivity index (χ0n) is 5.69. The van der Waals surface area contributed by atoms with E-state index in [1.54, 1.807) is 0 Å². The summed E-state index contributed by atoms with van der Waals surface area (Å²) in [5.74, 6) is -5.91. The molecule has 0 amide bonds. The van der Waals surface area contributed by atoms with E-state index in [2.05, 4.69) is 0 Å². The maximum absolute atomic E-state index is 12.4. The highest BCUT2D eigenvalue weighted by atomic mass is 19.3. The van der Waals surface area contributed by atoms with Crippen molar-refractivity contribution >= 4 is 5.97 Å². The second kappa shape index (κ2) is 1.49. The molecule has 1 fully saturated rings. The maximum atomic E-state index is 12.4. The van der Waals surface area contributed by atoms with Gasteiger partial charge in [0.1, 0.15) is 5.92 Å². The van der Waals surface area contributed by atoms with Gasteiger partial charge in [0.25, 0.3) is 5.92 Å². The highest BCUT2D eigenvalue weighted by Gasteiger charge is 2.78. The van der Waals surface area contributed by atoms with Crippen molar-refractivity contribution in [3.8, 4) is 0 Å². The van der Waals surface area contributed by atoms with E-state index in [0.29, 0.717) is 0 Å². The van der Waals surface area contributed by atoms with Gasteiger partial charge in [-0.1, -0.05) is 13.8 Å². The third-order valence-corrected chi connectivity index (χ3v) is 2.11. The van der Waals surface area contributed by atoms with Gasteiger partial charge in [-0.3, -0.25) is 4.79 Å². The lowest BCUT2D eigenvalue weighted by Gasteiger charge is -1.95. The van der Waals surface area contributed by atoms with E-state index >= 15 is 0 Å². The van der Waals surface area contributed by atoms with Crippen molar-refractivity contribution in [3.63, 3.8) is 0 Å². The Kier molecular flexibility index (Phi) is 1.11. The molecule has 58 valence electrons. The zero-order valence-corrected chi connectivity index (χ0v) is 5.69. The molecule has 1 N–H and O–H groups in total. The summed E-state index contributed by atoms with van der Waals surface area (Å²) >= 11 is 0. The second-order valence-corrected chi connectivity index (χ2v) is 3.12. The number of carbonyl (C=O) groups is 1. The fourth-order valence-corrected chi connectivity index (χ4v) is 1.12. The summed E-state index contributed by atoms with van der Waals surface area (Å²) in [6.07, 6.45) is 0. The number of aliphatic carboxylic acids is 1. The Balaban J connectivity index is 2.81. The molecule has 1 atom stereocenters. The first kappa shape index (κ1) is 7.44. The fraction of sp³-hybridized carbons (Fsp3) is 0.833. The van der Waals surface area contributed by atoms with Crippen LogP contribution in [0.5, 0.6) is 0 Å². The Morgan fingerprint density at radius 3 is 1.80 bits per heavy atom. The number of hydrogen-bond donors (Lipinski definition) is 1. The highest BCUT2D eigenvalue weighted by Crippen LogP contribution is 2.65. The van der Waals surface area contributed by atoms with Crippen LogP contribution in [0.3, 0.4) is 0 Å². The molecule has 1 saturated carbocycles. The molecular formula is C6H8F2O2. The number of carboxylic acids is 1. The van der Waals surface area contributed by atoms with Crippen molar-refractivity contribution in [2.45, 2.75) is 19.8 Å². The van der Waals surface area contributed by atoms with Crippen LogP contribution in [-0.4, -0.2) is 17.0 Å². The van der Waals surface area contributed by atoms with Crippen LogP contribution in [0.4, 0.5) is 8.78 Å². The monoisotopic (exact) mass is 150 g/mol. The molecular weight excluding hydrogens is 142 g/mol. The van der Waals surface area contributed by atoms with Crippen LogP contribution in [0, 0.1) is 11.3 Å². The summed E-state index contributed by atoms with van der Waals surface area (Å²) in [7, 11) is 0. The highest BCUT2D eigenvalue weighted by molar-refractivity contribution is 5.77. The van der Waals surface area contributed by atoms with Crippen molar-refractivity contribution < 1.29 is 18.7 Å². The molecule has 4 heteroatoms. The zero-order chi connectivity index (χ0) is 8.15. The molecule has 0 aromatic carbocycles. The quantitative estimate of drug-likeness (QED) is 0.612. The van der Waals surface area contributed by atoms with E-state index in [1.807, 2.05) is 0 Å². The summed E-state index contributed by atoms with van der Waals surface area (Å²) in [6, 6.07) is 0. The predicted octanol–water partition coefficient (Wildman–Crippen LogP) is 1.36. The minimum Gasteiger partial charge on any atom is -0.481 e. The van der Waals surface area contributed by atoms with E-state index in [-0.39, 0.29) is 0 Å². The normalized spacial score (nSPS) is 33.4. The number of rotatable bonds is 1. The molecule has 0 bridgehead atoms. The van der Waals surface area contributed by atoms with Crippen molar-refractivity contribution in [3.05, 3.63) is 0 Å². The van der Waals surface area contributed by atoms with Crippen LogP contribution >= 0.6 is 0 Å². The molecule has 10 heavy (non-hydrogen) atoms. The van der Waals surface area contributed by atoms with Crippen LogP contribution in [0.15, 0.2) is 0 Å². The van der Waals surface area contributed by atoms with Gasteiger partial charge in [0.2, 0.25) is 0 Å². The first-order valence-corrected chi connectivity index (χ1v) is 2.92. The Labute approximate surface area is 56.8 Å². The minimum absolute atomic E-state index is 1.26. The smallest absolute Gasteiger partial charge is 0.313 e. The van der Waals surface area contributed by atoms with Gasteiger partial charge in [-0.05, 0) is 0 Å². The van der Waals surface area contributed by atoms with Crippen LogP contribution in [0.2, 0.25) is 0 Å². The Hall–Kier alpha value is -0.670. The minimum atomic E-state index is -3.02. The molecule has 0 aromatic rings. The predicted molar refractivity (Wildman–Crippen MR) is 29.9 cm³/mol. The average Bonchev–Trinajstić information content (AvgIpc) is 1.97. The number of alkyl halides is 2. The van der Waals surface area contributed by atoms with E-state index in [1.165, 1.54) is 13.8 Å². The molecule has 1 aliphatic rings. The van der Waals surface area contributed by atoms with Gasteiger partial charge in [-0.2, -0.15) is 0 Å². The van der Waals surface area contributed by atoms with Crippen LogP contribution in [0.25, 0.3) is 0 Å². The van der Waals surface area contributed by atoms with Crippen LogP contribution in [-0.2, 0) is 4.79 Å². The largest absolute Gasteiger partial charge is 0.481 e. The number of halogens is 2. The lowest BCUT2D eigenvalue weighted by atomic mass is 10.1. The van der Waals surface area contributed by atoms with Gasteiger partial charge >= 0.3 is 5.97 Å². The van der Waals surface area contributed by atoms with Crippen LogP contribution < -0.4 is 0 Å². The molecule has 1 rings (SSSR count). The van der Waals surface area contributed by atoms with Crippen LogP contribution in [0.1, 0.15) is 13.8 Å². The molecule has 2 nitrogen and oxygen atoms in total. The van der Waals surface area contributed by atoms with E-state index in [0.717, 1.165) is 0 Å². The molecule has 0 radical (unpaired) electrons. The van der Waals surface area contributed by atoms with Crippen molar-refractivity contribution in [1.29, 1.82) is 0 Å². The molecule has 0 aromatic heterocycles. The molecule has 0 aliphatic heterocycles. The number of hydrogen-bond acceptors (Lipinski definition) is 1. The summed E-state index contributed by atoms with van der Waals surface area (Å²) in [5, 5.41) is 8.24.